The van der Waals surface area contributed by atoms with Gasteiger partial charge in [0.1, 0.15) is 6.26 Å². The van der Waals surface area contributed by atoms with Gasteiger partial charge in [0.15, 0.2) is 4.90 Å². The van der Waals surface area contributed by atoms with Gasteiger partial charge in [0, 0.05) is 23.7 Å². The molecule has 0 aromatic heterocycles. The van der Waals surface area contributed by atoms with Crippen molar-refractivity contribution in [2.45, 2.75) is 42.6 Å². The Morgan fingerprint density at radius 2 is 1.63 bits per heavy atom. The van der Waals surface area contributed by atoms with Gasteiger partial charge in [0.05, 0.1) is 6.10 Å². The number of carbonyl (C=O) groups is 1. The Labute approximate surface area is 184 Å². The zero-order valence-electron chi connectivity index (χ0n) is 17.7. The minimum absolute atomic E-state index is 0.0747. The third-order valence-electron chi connectivity index (χ3n) is 5.17. The molecule has 3 rings (SSSR count). The van der Waals surface area contributed by atoms with Gasteiger partial charge >= 0.3 is 6.09 Å². The Kier molecular flexibility index (Phi) is 7.60. The highest BCUT2D eigenvalue weighted by molar-refractivity contribution is 7.99. The van der Waals surface area contributed by atoms with Gasteiger partial charge in [-0.3, -0.25) is 0 Å². The predicted octanol–water partition coefficient (Wildman–Crippen LogP) is 5.66. The molecule has 1 unspecified atom stereocenters. The smallest absolute Gasteiger partial charge is 0.410 e. The van der Waals surface area contributed by atoms with Crippen LogP contribution in [0.5, 0.6) is 0 Å². The standard InChI is InChI=1S/C23H29NO4S2/c1-17(2)28-23(25)24-14-12-18(13-15-24)16-29-21-8-4-19(5-9-21)20-6-10-22(11-7-20)30(3,26)27/h4-11,17-18H,12-16H2,1-3H3/p+1. The van der Waals surface area contributed by atoms with E-state index in [0.29, 0.717) is 10.8 Å². The summed E-state index contributed by atoms with van der Waals surface area (Å²) in [6, 6.07) is 15.6. The van der Waals surface area contributed by atoms with Crippen LogP contribution in [0.1, 0.15) is 26.7 Å². The molecule has 1 amide bonds. The monoisotopic (exact) mass is 448 g/mol. The number of amides is 1. The molecule has 0 aliphatic carbocycles. The van der Waals surface area contributed by atoms with Crippen LogP contribution in [-0.2, 0) is 19.2 Å². The zero-order chi connectivity index (χ0) is 21.7. The minimum atomic E-state index is -2.92. The van der Waals surface area contributed by atoms with Crippen molar-refractivity contribution in [3.8, 4) is 11.1 Å². The Morgan fingerprint density at radius 1 is 1.10 bits per heavy atom. The maximum Gasteiger partial charge on any atom is 0.410 e. The van der Waals surface area contributed by atoms with Gasteiger partial charge in [-0.2, -0.15) is 4.55 Å². The molecule has 0 saturated carbocycles. The van der Waals surface area contributed by atoms with Crippen LogP contribution >= 0.6 is 11.8 Å². The van der Waals surface area contributed by atoms with Crippen LogP contribution in [0.4, 0.5) is 4.79 Å². The summed E-state index contributed by atoms with van der Waals surface area (Å²) in [6.45, 7) is 5.28. The second-order valence-electron chi connectivity index (χ2n) is 8.03. The molecule has 0 bridgehead atoms. The molecule has 2 aromatic carbocycles. The third-order valence-corrected chi connectivity index (χ3v) is 7.56. The molecule has 1 saturated heterocycles. The molecule has 5 nitrogen and oxygen atoms in total. The quantitative estimate of drug-likeness (QED) is 0.456. The van der Waals surface area contributed by atoms with E-state index in [4.69, 9.17) is 4.74 Å². The fourth-order valence-corrected chi connectivity index (χ4v) is 5.15. The fraction of sp³-hybridized carbons (Fsp3) is 0.435. The van der Waals surface area contributed by atoms with Crippen LogP contribution in [0.15, 0.2) is 58.3 Å². The van der Waals surface area contributed by atoms with E-state index in [1.807, 2.05) is 42.6 Å². The first-order chi connectivity index (χ1) is 14.2. The molecule has 1 fully saturated rings. The van der Waals surface area contributed by atoms with Gasteiger partial charge in [-0.05, 0) is 80.1 Å². The van der Waals surface area contributed by atoms with Crippen molar-refractivity contribution in [1.82, 2.24) is 4.90 Å². The minimum Gasteiger partial charge on any atom is -0.447 e. The number of hydrogen-bond acceptors (Lipinski definition) is 4. The number of nitrogens with zero attached hydrogens (tertiary/aromatic N) is 1. The van der Waals surface area contributed by atoms with Gasteiger partial charge in [-0.25, -0.2) is 4.79 Å². The molecule has 1 N–H and O–H groups in total. The van der Waals surface area contributed by atoms with Gasteiger partial charge < -0.3 is 9.64 Å². The fourth-order valence-electron chi connectivity index (χ4n) is 3.42. The van der Waals surface area contributed by atoms with Crippen molar-refractivity contribution < 1.29 is 18.3 Å². The van der Waals surface area contributed by atoms with Crippen molar-refractivity contribution in [3.05, 3.63) is 48.5 Å². The topological polar surface area (TPSA) is 66.8 Å². The highest BCUT2D eigenvalue weighted by Gasteiger charge is 2.24. The van der Waals surface area contributed by atoms with Gasteiger partial charge in [0.25, 0.3) is 0 Å². The van der Waals surface area contributed by atoms with Crippen LogP contribution in [0.25, 0.3) is 11.1 Å². The first kappa shape index (κ1) is 22.8. The number of thioether (sulfide) groups is 1. The average molecular weight is 449 g/mol. The third kappa shape index (κ3) is 6.33. The van der Waals surface area contributed by atoms with Gasteiger partial charge in [-0.15, -0.1) is 11.8 Å². The molecule has 1 aliphatic heterocycles. The summed E-state index contributed by atoms with van der Waals surface area (Å²) in [7, 11) is -2.92. The van der Waals surface area contributed by atoms with Crippen LogP contribution < -0.4 is 0 Å². The van der Waals surface area contributed by atoms with Gasteiger partial charge in [-0.1, -0.05) is 16.3 Å². The Bertz CT molecular complexity index is 882. The largest absolute Gasteiger partial charge is 0.447 e. The number of carbonyl (C=O) groups excluding carboxylic acids is 1. The highest BCUT2D eigenvalue weighted by Crippen LogP contribution is 2.29. The molecule has 1 atom stereocenters. The second-order valence-corrected chi connectivity index (χ2v) is 11.2. The number of likely N-dealkylation sites (tertiary alicyclic amines) is 1. The maximum absolute atomic E-state index is 12.0. The number of hydrogen-bond donors (Lipinski definition) is 1. The molecule has 0 radical (unpaired) electrons. The first-order valence-corrected chi connectivity index (χ1v) is 13.1. The number of piperidine rings is 1. The average Bonchev–Trinajstić information content (AvgIpc) is 2.72. The number of benzene rings is 2. The lowest BCUT2D eigenvalue weighted by Gasteiger charge is -2.31. The predicted molar refractivity (Wildman–Crippen MR) is 123 cm³/mol. The molecule has 0 spiro atoms. The Hall–Kier alpha value is -1.83. The molecule has 1 heterocycles. The van der Waals surface area contributed by atoms with Crippen LogP contribution in [-0.4, -0.2) is 46.7 Å². The summed E-state index contributed by atoms with van der Waals surface area (Å²) < 4.78 is 26.6. The zero-order valence-corrected chi connectivity index (χ0v) is 19.4. The Balaban J connectivity index is 1.49. The SMILES string of the molecule is CC(C)OC(=O)N1CCC(CSc2ccc(-c3ccc([S+](C)(=O)O)cc3)cc2)CC1. The lowest BCUT2D eigenvalue weighted by molar-refractivity contribution is 0.0667. The Morgan fingerprint density at radius 3 is 2.13 bits per heavy atom. The highest BCUT2D eigenvalue weighted by atomic mass is 32.3. The molecule has 1 aliphatic rings. The summed E-state index contributed by atoms with van der Waals surface area (Å²) in [4.78, 5) is 15.5. The van der Waals surface area contributed by atoms with E-state index >= 15 is 0 Å². The van der Waals surface area contributed by atoms with Crippen molar-refractivity contribution in [2.24, 2.45) is 5.92 Å². The normalized spacial score (nSPS) is 17.0. The maximum atomic E-state index is 12.0. The first-order valence-electron chi connectivity index (χ1n) is 10.2. The summed E-state index contributed by atoms with van der Waals surface area (Å²) in [5, 5.41) is 0. The summed E-state index contributed by atoms with van der Waals surface area (Å²) in [5.41, 5.74) is 2.11. The van der Waals surface area contributed by atoms with E-state index in [1.165, 1.54) is 11.2 Å². The molecular formula is C23H30NO4S2+. The lowest BCUT2D eigenvalue weighted by atomic mass is 9.99. The summed E-state index contributed by atoms with van der Waals surface area (Å²) in [5.74, 6) is 1.65. The van der Waals surface area contributed by atoms with Crippen molar-refractivity contribution in [1.29, 1.82) is 0 Å². The number of rotatable bonds is 6. The van der Waals surface area contributed by atoms with E-state index in [-0.39, 0.29) is 12.2 Å². The second kappa shape index (κ2) is 9.98. The summed E-state index contributed by atoms with van der Waals surface area (Å²) in [6.07, 6.45) is 3.08. The van der Waals surface area contributed by atoms with E-state index in [9.17, 15) is 13.6 Å². The number of ether oxygens (including phenoxy) is 1. The van der Waals surface area contributed by atoms with E-state index < -0.39 is 10.2 Å². The molecule has 30 heavy (non-hydrogen) atoms. The van der Waals surface area contributed by atoms with E-state index in [1.54, 1.807) is 12.1 Å². The van der Waals surface area contributed by atoms with E-state index in [2.05, 4.69) is 24.3 Å². The van der Waals surface area contributed by atoms with E-state index in [0.717, 1.165) is 42.8 Å². The van der Waals surface area contributed by atoms with Crippen molar-refractivity contribution >= 4 is 28.1 Å². The van der Waals surface area contributed by atoms with Crippen LogP contribution in [0, 0.1) is 5.92 Å². The van der Waals surface area contributed by atoms with Gasteiger partial charge in [0.2, 0.25) is 10.2 Å². The molecular weight excluding hydrogens is 418 g/mol. The molecule has 162 valence electrons. The summed E-state index contributed by atoms with van der Waals surface area (Å²) >= 11 is 1.85. The van der Waals surface area contributed by atoms with Crippen LogP contribution in [0.2, 0.25) is 0 Å². The lowest BCUT2D eigenvalue weighted by Crippen LogP contribution is -2.40. The molecule has 2 aromatic rings. The van der Waals surface area contributed by atoms with Crippen molar-refractivity contribution in [2.75, 3.05) is 25.1 Å². The van der Waals surface area contributed by atoms with Crippen molar-refractivity contribution in [3.63, 3.8) is 0 Å². The van der Waals surface area contributed by atoms with Crippen LogP contribution in [0.3, 0.4) is 0 Å². The molecule has 7 heteroatoms.